The second-order valence-electron chi connectivity index (χ2n) is 4.26. The topological polar surface area (TPSA) is 56.2 Å². The molecule has 1 heterocycles. The molecule has 3 heteroatoms. The number of nitrogens with two attached hydrogens (primary N) is 1. The van der Waals surface area contributed by atoms with Crippen LogP contribution in [0.3, 0.4) is 0 Å². The average molecular weight is 241 g/mol. The standard InChI is InChI=1S/C15H15NO2/c1-10-3-5-12(6-4-10)14-8-7-13(18-14)9-11(2)15(16)17/h3-9H,1-2H3,(H2,16,17)/b11-9+. The Kier molecular flexibility index (Phi) is 3.33. The predicted molar refractivity (Wildman–Crippen MR) is 71.7 cm³/mol. The summed E-state index contributed by atoms with van der Waals surface area (Å²) in [6, 6.07) is 11.8. The fourth-order valence-corrected chi connectivity index (χ4v) is 1.59. The van der Waals surface area contributed by atoms with Crippen LogP contribution in [0, 0.1) is 6.92 Å². The van der Waals surface area contributed by atoms with Gasteiger partial charge in [0.25, 0.3) is 0 Å². The molecule has 2 N–H and O–H groups in total. The summed E-state index contributed by atoms with van der Waals surface area (Å²) < 4.78 is 5.65. The van der Waals surface area contributed by atoms with E-state index in [2.05, 4.69) is 0 Å². The second-order valence-corrected chi connectivity index (χ2v) is 4.26. The Labute approximate surface area is 106 Å². The summed E-state index contributed by atoms with van der Waals surface area (Å²) in [6.07, 6.45) is 1.64. The molecule has 1 aromatic heterocycles. The van der Waals surface area contributed by atoms with Gasteiger partial charge in [-0.05, 0) is 32.1 Å². The van der Waals surface area contributed by atoms with Gasteiger partial charge >= 0.3 is 0 Å². The van der Waals surface area contributed by atoms with Crippen molar-refractivity contribution in [3.8, 4) is 11.3 Å². The third-order valence-corrected chi connectivity index (χ3v) is 2.71. The Morgan fingerprint density at radius 3 is 2.44 bits per heavy atom. The van der Waals surface area contributed by atoms with E-state index in [1.165, 1.54) is 5.56 Å². The summed E-state index contributed by atoms with van der Waals surface area (Å²) in [5.41, 5.74) is 7.86. The lowest BCUT2D eigenvalue weighted by Gasteiger charge is -1.97. The summed E-state index contributed by atoms with van der Waals surface area (Å²) in [5, 5.41) is 0. The molecule has 0 aliphatic heterocycles. The molecule has 0 aliphatic carbocycles. The highest BCUT2D eigenvalue weighted by Crippen LogP contribution is 2.23. The molecule has 0 aliphatic rings. The number of carbonyl (C=O) groups excluding carboxylic acids is 1. The zero-order valence-electron chi connectivity index (χ0n) is 10.4. The van der Waals surface area contributed by atoms with Gasteiger partial charge in [-0.1, -0.05) is 29.8 Å². The minimum absolute atomic E-state index is 0.441. The zero-order chi connectivity index (χ0) is 13.1. The SMILES string of the molecule is C/C(=C\c1ccc(-c2ccc(C)cc2)o1)C(N)=O. The van der Waals surface area contributed by atoms with E-state index in [0.29, 0.717) is 11.3 Å². The first-order chi connectivity index (χ1) is 8.56. The van der Waals surface area contributed by atoms with E-state index >= 15 is 0 Å². The number of aryl methyl sites for hydroxylation is 1. The van der Waals surface area contributed by atoms with Crippen LogP contribution < -0.4 is 5.73 Å². The minimum atomic E-state index is -0.441. The molecule has 1 aromatic carbocycles. The first-order valence-electron chi connectivity index (χ1n) is 5.71. The second kappa shape index (κ2) is 4.92. The summed E-state index contributed by atoms with van der Waals surface area (Å²) in [6.45, 7) is 3.70. The van der Waals surface area contributed by atoms with E-state index in [1.807, 2.05) is 43.3 Å². The van der Waals surface area contributed by atoms with Crippen LogP contribution in [0.5, 0.6) is 0 Å². The van der Waals surface area contributed by atoms with E-state index in [1.54, 1.807) is 13.0 Å². The molecule has 0 bridgehead atoms. The van der Waals surface area contributed by atoms with Crippen LogP contribution in [0.2, 0.25) is 0 Å². The zero-order valence-corrected chi connectivity index (χ0v) is 10.4. The number of rotatable bonds is 3. The molecule has 2 rings (SSSR count). The van der Waals surface area contributed by atoms with Gasteiger partial charge in [-0.15, -0.1) is 0 Å². The highest BCUT2D eigenvalue weighted by Gasteiger charge is 2.04. The molecule has 0 radical (unpaired) electrons. The fourth-order valence-electron chi connectivity index (χ4n) is 1.59. The van der Waals surface area contributed by atoms with Crippen molar-refractivity contribution >= 4 is 12.0 Å². The number of furan rings is 1. The number of benzene rings is 1. The number of amides is 1. The highest BCUT2D eigenvalue weighted by molar-refractivity contribution is 5.95. The van der Waals surface area contributed by atoms with Crippen molar-refractivity contribution in [3.63, 3.8) is 0 Å². The number of hydrogen-bond acceptors (Lipinski definition) is 2. The minimum Gasteiger partial charge on any atom is -0.457 e. The Morgan fingerprint density at radius 1 is 1.17 bits per heavy atom. The fraction of sp³-hybridized carbons (Fsp3) is 0.133. The van der Waals surface area contributed by atoms with E-state index in [0.717, 1.165) is 11.3 Å². The Balaban J connectivity index is 2.28. The average Bonchev–Trinajstić information content (AvgIpc) is 2.78. The molecule has 0 unspecified atom stereocenters. The van der Waals surface area contributed by atoms with E-state index in [4.69, 9.17) is 10.2 Å². The van der Waals surface area contributed by atoms with Gasteiger partial charge in [0, 0.05) is 11.1 Å². The van der Waals surface area contributed by atoms with Crippen molar-refractivity contribution < 1.29 is 9.21 Å². The van der Waals surface area contributed by atoms with E-state index in [9.17, 15) is 4.79 Å². The normalized spacial score (nSPS) is 11.6. The summed E-state index contributed by atoms with van der Waals surface area (Å²) >= 11 is 0. The molecule has 0 atom stereocenters. The number of carbonyl (C=O) groups is 1. The lowest BCUT2D eigenvalue weighted by molar-refractivity contribution is -0.114. The maximum Gasteiger partial charge on any atom is 0.244 e. The lowest BCUT2D eigenvalue weighted by atomic mass is 10.1. The molecule has 2 aromatic rings. The van der Waals surface area contributed by atoms with Gasteiger partial charge in [-0.3, -0.25) is 4.79 Å². The molecule has 3 nitrogen and oxygen atoms in total. The van der Waals surface area contributed by atoms with Gasteiger partial charge in [0.15, 0.2) is 0 Å². The van der Waals surface area contributed by atoms with Crippen LogP contribution in [-0.2, 0) is 4.79 Å². The van der Waals surface area contributed by atoms with E-state index < -0.39 is 5.91 Å². The predicted octanol–water partition coefficient (Wildman–Crippen LogP) is 3.14. The Morgan fingerprint density at radius 2 is 1.83 bits per heavy atom. The van der Waals surface area contributed by atoms with Gasteiger partial charge in [-0.2, -0.15) is 0 Å². The highest BCUT2D eigenvalue weighted by atomic mass is 16.3. The maximum absolute atomic E-state index is 10.9. The van der Waals surface area contributed by atoms with Crippen molar-refractivity contribution in [2.45, 2.75) is 13.8 Å². The third-order valence-electron chi connectivity index (χ3n) is 2.71. The lowest BCUT2D eigenvalue weighted by Crippen LogP contribution is -2.11. The molecule has 1 amide bonds. The third kappa shape index (κ3) is 2.69. The summed E-state index contributed by atoms with van der Waals surface area (Å²) in [7, 11) is 0. The quantitative estimate of drug-likeness (QED) is 0.839. The van der Waals surface area contributed by atoms with Crippen LogP contribution in [0.1, 0.15) is 18.2 Å². The first kappa shape index (κ1) is 12.2. The van der Waals surface area contributed by atoms with Gasteiger partial charge in [0.05, 0.1) is 0 Å². The molecular formula is C15H15NO2. The van der Waals surface area contributed by atoms with Crippen molar-refractivity contribution in [1.29, 1.82) is 0 Å². The molecule has 18 heavy (non-hydrogen) atoms. The molecule has 0 spiro atoms. The van der Waals surface area contributed by atoms with Crippen LogP contribution in [0.4, 0.5) is 0 Å². The van der Waals surface area contributed by atoms with Crippen LogP contribution in [-0.4, -0.2) is 5.91 Å². The summed E-state index contributed by atoms with van der Waals surface area (Å²) in [4.78, 5) is 10.9. The van der Waals surface area contributed by atoms with Gasteiger partial charge in [0.1, 0.15) is 11.5 Å². The monoisotopic (exact) mass is 241 g/mol. The number of hydrogen-bond donors (Lipinski definition) is 1. The van der Waals surface area contributed by atoms with Crippen LogP contribution in [0.25, 0.3) is 17.4 Å². The Hall–Kier alpha value is -2.29. The first-order valence-corrected chi connectivity index (χ1v) is 5.71. The van der Waals surface area contributed by atoms with Crippen LogP contribution in [0.15, 0.2) is 46.4 Å². The van der Waals surface area contributed by atoms with Gasteiger partial charge in [0.2, 0.25) is 5.91 Å². The van der Waals surface area contributed by atoms with Crippen LogP contribution >= 0.6 is 0 Å². The Bertz CT molecular complexity index is 591. The van der Waals surface area contributed by atoms with Crippen molar-refractivity contribution in [2.24, 2.45) is 5.73 Å². The summed E-state index contributed by atoms with van der Waals surface area (Å²) in [5.74, 6) is 0.962. The molecule has 0 saturated heterocycles. The molecule has 0 saturated carbocycles. The van der Waals surface area contributed by atoms with Crippen molar-refractivity contribution in [1.82, 2.24) is 0 Å². The van der Waals surface area contributed by atoms with Gasteiger partial charge in [-0.25, -0.2) is 0 Å². The smallest absolute Gasteiger partial charge is 0.244 e. The largest absolute Gasteiger partial charge is 0.457 e. The maximum atomic E-state index is 10.9. The molecular weight excluding hydrogens is 226 g/mol. The van der Waals surface area contributed by atoms with Crippen molar-refractivity contribution in [3.05, 3.63) is 53.3 Å². The number of primary amides is 1. The van der Waals surface area contributed by atoms with Gasteiger partial charge < -0.3 is 10.2 Å². The van der Waals surface area contributed by atoms with E-state index in [-0.39, 0.29) is 0 Å². The van der Waals surface area contributed by atoms with Crippen molar-refractivity contribution in [2.75, 3.05) is 0 Å². The molecule has 0 fully saturated rings. The molecule has 92 valence electrons.